The molecule has 60 valence electrons. The summed E-state index contributed by atoms with van der Waals surface area (Å²) in [7, 11) is 0. The fraction of sp³-hybridized carbons (Fsp3) is 0.375. The minimum atomic E-state index is -0.650. The summed E-state index contributed by atoms with van der Waals surface area (Å²) in [6.07, 6.45) is -0.650. The van der Waals surface area contributed by atoms with E-state index < -0.39 is 6.10 Å². The van der Waals surface area contributed by atoms with Crippen molar-refractivity contribution in [1.82, 2.24) is 0 Å². The Morgan fingerprint density at radius 2 is 2.27 bits per heavy atom. The quantitative estimate of drug-likeness (QED) is 0.657. The third-order valence-corrected chi connectivity index (χ3v) is 1.39. The van der Waals surface area contributed by atoms with Gasteiger partial charge in [0.1, 0.15) is 11.9 Å². The maximum Gasteiger partial charge on any atom is 0.194 e. The van der Waals surface area contributed by atoms with E-state index >= 15 is 0 Å². The maximum atomic E-state index is 10.7. The summed E-state index contributed by atoms with van der Waals surface area (Å²) in [6.45, 7) is 3.01. The molecule has 1 aromatic rings. The SMILES string of the molecule is CC(=O)c1ccc(C(C)O)o1. The first-order chi connectivity index (χ1) is 5.11. The lowest BCUT2D eigenvalue weighted by molar-refractivity contribution is 0.0977. The molecule has 0 fully saturated rings. The minimum Gasteiger partial charge on any atom is -0.455 e. The van der Waals surface area contributed by atoms with E-state index in [0.717, 1.165) is 0 Å². The summed E-state index contributed by atoms with van der Waals surface area (Å²) in [5, 5.41) is 9.01. The average Bonchev–Trinajstić information content (AvgIpc) is 2.33. The van der Waals surface area contributed by atoms with Gasteiger partial charge in [0.2, 0.25) is 0 Å². The summed E-state index contributed by atoms with van der Waals surface area (Å²) in [5.41, 5.74) is 0. The first kappa shape index (κ1) is 8.01. The van der Waals surface area contributed by atoms with E-state index in [2.05, 4.69) is 0 Å². The normalized spacial score (nSPS) is 13.0. The van der Waals surface area contributed by atoms with Gasteiger partial charge in [-0.15, -0.1) is 0 Å². The summed E-state index contributed by atoms with van der Waals surface area (Å²) < 4.78 is 5.01. The molecule has 3 nitrogen and oxygen atoms in total. The van der Waals surface area contributed by atoms with Crippen LogP contribution in [0.3, 0.4) is 0 Å². The van der Waals surface area contributed by atoms with Crippen molar-refractivity contribution < 1.29 is 14.3 Å². The molecule has 0 spiro atoms. The number of ketones is 1. The van der Waals surface area contributed by atoms with E-state index in [1.807, 2.05) is 0 Å². The van der Waals surface area contributed by atoms with Gasteiger partial charge in [-0.2, -0.15) is 0 Å². The zero-order valence-electron chi connectivity index (χ0n) is 6.50. The Bertz CT molecular complexity index is 260. The van der Waals surface area contributed by atoms with Crippen LogP contribution in [0, 0.1) is 0 Å². The van der Waals surface area contributed by atoms with Crippen LogP contribution in [0.1, 0.15) is 36.3 Å². The van der Waals surface area contributed by atoms with Gasteiger partial charge in [0.15, 0.2) is 11.5 Å². The molecule has 0 saturated heterocycles. The second kappa shape index (κ2) is 2.88. The second-order valence-electron chi connectivity index (χ2n) is 2.43. The maximum absolute atomic E-state index is 10.7. The van der Waals surface area contributed by atoms with Crippen LogP contribution < -0.4 is 0 Å². The van der Waals surface area contributed by atoms with Gasteiger partial charge in [-0.05, 0) is 19.1 Å². The highest BCUT2D eigenvalue weighted by molar-refractivity contribution is 5.91. The van der Waals surface area contributed by atoms with Crippen molar-refractivity contribution in [2.75, 3.05) is 0 Å². The largest absolute Gasteiger partial charge is 0.455 e. The van der Waals surface area contributed by atoms with E-state index in [1.54, 1.807) is 19.1 Å². The molecule has 1 heterocycles. The molecule has 3 heteroatoms. The number of hydrogen-bond acceptors (Lipinski definition) is 3. The summed E-state index contributed by atoms with van der Waals surface area (Å²) >= 11 is 0. The molecule has 0 radical (unpaired) electrons. The van der Waals surface area contributed by atoms with Crippen LogP contribution in [0.15, 0.2) is 16.5 Å². The Morgan fingerprint density at radius 3 is 2.55 bits per heavy atom. The van der Waals surface area contributed by atoms with Crippen molar-refractivity contribution in [2.24, 2.45) is 0 Å². The van der Waals surface area contributed by atoms with Crippen molar-refractivity contribution in [3.05, 3.63) is 23.7 Å². The predicted octanol–water partition coefficient (Wildman–Crippen LogP) is 1.54. The van der Waals surface area contributed by atoms with Gasteiger partial charge in [-0.1, -0.05) is 0 Å². The third kappa shape index (κ3) is 1.68. The first-order valence-corrected chi connectivity index (χ1v) is 3.40. The third-order valence-electron chi connectivity index (χ3n) is 1.39. The number of carbonyl (C=O) groups is 1. The molecule has 11 heavy (non-hydrogen) atoms. The Morgan fingerprint density at radius 1 is 1.64 bits per heavy atom. The van der Waals surface area contributed by atoms with Crippen molar-refractivity contribution in [3.63, 3.8) is 0 Å². The smallest absolute Gasteiger partial charge is 0.194 e. The van der Waals surface area contributed by atoms with Gasteiger partial charge in [-0.3, -0.25) is 4.79 Å². The zero-order valence-corrected chi connectivity index (χ0v) is 6.50. The molecule has 1 aromatic heterocycles. The summed E-state index contributed by atoms with van der Waals surface area (Å²) in [5.74, 6) is 0.591. The number of carbonyl (C=O) groups excluding carboxylic acids is 1. The van der Waals surface area contributed by atoms with Crippen LogP contribution in [0.25, 0.3) is 0 Å². The van der Waals surface area contributed by atoms with E-state index in [4.69, 9.17) is 9.52 Å². The fourth-order valence-corrected chi connectivity index (χ4v) is 0.767. The van der Waals surface area contributed by atoms with Gasteiger partial charge in [0, 0.05) is 6.92 Å². The lowest BCUT2D eigenvalue weighted by Gasteiger charge is -1.96. The van der Waals surface area contributed by atoms with Crippen molar-refractivity contribution in [2.45, 2.75) is 20.0 Å². The molecule has 1 unspecified atom stereocenters. The Labute approximate surface area is 64.6 Å². The van der Waals surface area contributed by atoms with E-state index in [0.29, 0.717) is 11.5 Å². The monoisotopic (exact) mass is 154 g/mol. The van der Waals surface area contributed by atoms with E-state index in [1.165, 1.54) is 6.92 Å². The number of aliphatic hydroxyl groups is 1. The van der Waals surface area contributed by atoms with Gasteiger partial charge in [-0.25, -0.2) is 0 Å². The predicted molar refractivity (Wildman–Crippen MR) is 39.3 cm³/mol. The Balaban J connectivity index is 2.90. The molecule has 0 bridgehead atoms. The van der Waals surface area contributed by atoms with Crippen LogP contribution in [0.4, 0.5) is 0 Å². The van der Waals surface area contributed by atoms with Crippen LogP contribution in [0.2, 0.25) is 0 Å². The molecule has 0 aromatic carbocycles. The highest BCUT2D eigenvalue weighted by Gasteiger charge is 2.08. The van der Waals surface area contributed by atoms with Crippen molar-refractivity contribution in [3.8, 4) is 0 Å². The first-order valence-electron chi connectivity index (χ1n) is 3.40. The second-order valence-corrected chi connectivity index (χ2v) is 2.43. The van der Waals surface area contributed by atoms with Gasteiger partial charge >= 0.3 is 0 Å². The molecular formula is C8H10O3. The Kier molecular flexibility index (Phi) is 2.10. The van der Waals surface area contributed by atoms with Crippen molar-refractivity contribution in [1.29, 1.82) is 0 Å². The summed E-state index contributed by atoms with van der Waals surface area (Å²) in [4.78, 5) is 10.7. The number of Topliss-reactive ketones (excluding diaryl/α,β-unsaturated/α-hetero) is 1. The molecule has 0 aliphatic carbocycles. The molecule has 0 aliphatic heterocycles. The highest BCUT2D eigenvalue weighted by Crippen LogP contribution is 2.15. The molecule has 0 saturated carbocycles. The van der Waals surface area contributed by atoms with Crippen LogP contribution in [-0.2, 0) is 0 Å². The highest BCUT2D eigenvalue weighted by atomic mass is 16.4. The average molecular weight is 154 g/mol. The van der Waals surface area contributed by atoms with Crippen LogP contribution >= 0.6 is 0 Å². The molecule has 1 atom stereocenters. The molecule has 1 N–H and O–H groups in total. The van der Waals surface area contributed by atoms with Gasteiger partial charge in [0.05, 0.1) is 0 Å². The number of aliphatic hydroxyl groups excluding tert-OH is 1. The van der Waals surface area contributed by atoms with Gasteiger partial charge < -0.3 is 9.52 Å². The van der Waals surface area contributed by atoms with Crippen molar-refractivity contribution >= 4 is 5.78 Å². The summed E-state index contributed by atoms with van der Waals surface area (Å²) in [6, 6.07) is 3.16. The zero-order chi connectivity index (χ0) is 8.43. The molecule has 0 aliphatic rings. The molecule has 1 rings (SSSR count). The van der Waals surface area contributed by atoms with Crippen LogP contribution in [-0.4, -0.2) is 10.9 Å². The molecule has 0 amide bonds. The number of hydrogen-bond donors (Lipinski definition) is 1. The van der Waals surface area contributed by atoms with Gasteiger partial charge in [0.25, 0.3) is 0 Å². The Hall–Kier alpha value is -1.09. The molecular weight excluding hydrogens is 144 g/mol. The minimum absolute atomic E-state index is 0.128. The van der Waals surface area contributed by atoms with E-state index in [9.17, 15) is 4.79 Å². The number of rotatable bonds is 2. The van der Waals surface area contributed by atoms with E-state index in [-0.39, 0.29) is 5.78 Å². The topological polar surface area (TPSA) is 50.4 Å². The fourth-order valence-electron chi connectivity index (χ4n) is 0.767. The lowest BCUT2D eigenvalue weighted by atomic mass is 10.3. The standard InChI is InChI=1S/C8H10O3/c1-5(9)7-3-4-8(11-7)6(2)10/h3-5,9H,1-2H3. The number of furan rings is 1. The lowest BCUT2D eigenvalue weighted by Crippen LogP contribution is -1.89. The van der Waals surface area contributed by atoms with Crippen LogP contribution in [0.5, 0.6) is 0 Å².